The van der Waals surface area contributed by atoms with E-state index in [1.807, 2.05) is 24.3 Å². The molecular weight excluding hydrogens is 290 g/mol. The molecule has 0 saturated heterocycles. The second-order valence-corrected chi connectivity index (χ2v) is 4.33. The number of fused-ring (bicyclic) bond motifs is 1. The standard InChI is InChI=1S/C15H11N3O2.ClH/c16-13-11-3-1-2-4-12(11)17-14(18-13)9-5-7-10(8-6-9)15(19)20;/h1-8H,(H,19,20)(H2,16,17,18);1H. The maximum atomic E-state index is 10.8. The number of nitrogens with zero attached hydrogens (tertiary/aromatic N) is 2. The molecular formula is C15H12ClN3O2. The van der Waals surface area contributed by atoms with Gasteiger partial charge < -0.3 is 10.8 Å². The van der Waals surface area contributed by atoms with Crippen molar-refractivity contribution in [1.29, 1.82) is 0 Å². The van der Waals surface area contributed by atoms with E-state index in [2.05, 4.69) is 9.97 Å². The predicted octanol–water partition coefficient (Wildman–Crippen LogP) is 3.00. The SMILES string of the molecule is Cl.Nc1nc(-c2ccc(C(=O)O)cc2)nc2ccccc12. The molecule has 0 atom stereocenters. The summed E-state index contributed by atoms with van der Waals surface area (Å²) in [5.41, 5.74) is 7.64. The Labute approximate surface area is 126 Å². The molecule has 0 saturated carbocycles. The van der Waals surface area contributed by atoms with Crippen molar-refractivity contribution in [3.8, 4) is 11.4 Å². The fraction of sp³-hybridized carbons (Fsp3) is 0. The average molecular weight is 302 g/mol. The highest BCUT2D eigenvalue weighted by Gasteiger charge is 2.08. The zero-order chi connectivity index (χ0) is 14.1. The van der Waals surface area contributed by atoms with Crippen molar-refractivity contribution in [2.24, 2.45) is 0 Å². The molecule has 0 unspecified atom stereocenters. The number of hydrogen-bond acceptors (Lipinski definition) is 4. The topological polar surface area (TPSA) is 89.1 Å². The number of anilines is 1. The number of aromatic carboxylic acids is 1. The van der Waals surface area contributed by atoms with Gasteiger partial charge in [0.25, 0.3) is 0 Å². The molecule has 0 bridgehead atoms. The minimum atomic E-state index is -0.963. The molecule has 0 aliphatic heterocycles. The van der Waals surface area contributed by atoms with Crippen molar-refractivity contribution in [3.63, 3.8) is 0 Å². The zero-order valence-electron chi connectivity index (χ0n) is 10.9. The first-order valence-electron chi connectivity index (χ1n) is 6.01. The minimum absolute atomic E-state index is 0. The van der Waals surface area contributed by atoms with Crippen LogP contribution in [0.1, 0.15) is 10.4 Å². The molecule has 0 fully saturated rings. The second-order valence-electron chi connectivity index (χ2n) is 4.33. The van der Waals surface area contributed by atoms with Crippen molar-refractivity contribution in [2.45, 2.75) is 0 Å². The third-order valence-corrected chi connectivity index (χ3v) is 3.02. The highest BCUT2D eigenvalue weighted by Crippen LogP contribution is 2.23. The lowest BCUT2D eigenvalue weighted by atomic mass is 10.1. The summed E-state index contributed by atoms with van der Waals surface area (Å²) in [6.07, 6.45) is 0. The van der Waals surface area contributed by atoms with Crippen LogP contribution < -0.4 is 5.73 Å². The van der Waals surface area contributed by atoms with E-state index >= 15 is 0 Å². The summed E-state index contributed by atoms with van der Waals surface area (Å²) in [5, 5.41) is 9.68. The van der Waals surface area contributed by atoms with Crippen LogP contribution in [0.2, 0.25) is 0 Å². The fourth-order valence-corrected chi connectivity index (χ4v) is 1.99. The largest absolute Gasteiger partial charge is 0.478 e. The Morgan fingerprint density at radius 1 is 1.00 bits per heavy atom. The first-order chi connectivity index (χ1) is 9.65. The van der Waals surface area contributed by atoms with Crippen LogP contribution in [-0.4, -0.2) is 21.0 Å². The molecule has 0 aliphatic rings. The Kier molecular flexibility index (Phi) is 4.05. The van der Waals surface area contributed by atoms with Gasteiger partial charge in [-0.05, 0) is 24.3 Å². The van der Waals surface area contributed by atoms with Gasteiger partial charge in [0.05, 0.1) is 11.1 Å². The summed E-state index contributed by atoms with van der Waals surface area (Å²) in [6.45, 7) is 0. The van der Waals surface area contributed by atoms with Crippen molar-refractivity contribution >= 4 is 35.1 Å². The molecule has 6 heteroatoms. The molecule has 21 heavy (non-hydrogen) atoms. The number of rotatable bonds is 2. The molecule has 0 spiro atoms. The van der Waals surface area contributed by atoms with Crippen LogP contribution in [0.5, 0.6) is 0 Å². The molecule has 3 N–H and O–H groups in total. The Hall–Kier alpha value is -2.66. The average Bonchev–Trinajstić information content (AvgIpc) is 2.47. The number of hydrogen-bond donors (Lipinski definition) is 2. The molecule has 106 valence electrons. The lowest BCUT2D eigenvalue weighted by molar-refractivity contribution is 0.0697. The van der Waals surface area contributed by atoms with Crippen LogP contribution in [-0.2, 0) is 0 Å². The summed E-state index contributed by atoms with van der Waals surface area (Å²) >= 11 is 0. The van der Waals surface area contributed by atoms with Crippen molar-refractivity contribution in [2.75, 3.05) is 5.73 Å². The van der Waals surface area contributed by atoms with E-state index in [0.717, 1.165) is 16.5 Å². The van der Waals surface area contributed by atoms with Crippen LogP contribution in [0.25, 0.3) is 22.3 Å². The highest BCUT2D eigenvalue weighted by molar-refractivity contribution is 5.90. The minimum Gasteiger partial charge on any atom is -0.478 e. The van der Waals surface area contributed by atoms with Gasteiger partial charge in [-0.1, -0.05) is 24.3 Å². The van der Waals surface area contributed by atoms with Gasteiger partial charge in [0.1, 0.15) is 5.82 Å². The number of aromatic nitrogens is 2. The number of para-hydroxylation sites is 1. The Morgan fingerprint density at radius 3 is 2.33 bits per heavy atom. The summed E-state index contributed by atoms with van der Waals surface area (Å²) < 4.78 is 0. The van der Waals surface area contributed by atoms with Crippen molar-refractivity contribution < 1.29 is 9.90 Å². The Morgan fingerprint density at radius 2 is 1.67 bits per heavy atom. The van der Waals surface area contributed by atoms with E-state index < -0.39 is 5.97 Å². The summed E-state index contributed by atoms with van der Waals surface area (Å²) in [4.78, 5) is 19.5. The van der Waals surface area contributed by atoms with Crippen LogP contribution in [0.15, 0.2) is 48.5 Å². The second kappa shape index (κ2) is 5.76. The molecule has 3 rings (SSSR count). The van der Waals surface area contributed by atoms with E-state index in [9.17, 15) is 4.79 Å². The number of nitrogens with two attached hydrogens (primary N) is 1. The molecule has 3 aromatic rings. The maximum absolute atomic E-state index is 10.8. The molecule has 0 aliphatic carbocycles. The summed E-state index contributed by atoms with van der Waals surface area (Å²) in [6, 6.07) is 13.9. The van der Waals surface area contributed by atoms with Gasteiger partial charge in [-0.15, -0.1) is 12.4 Å². The van der Waals surface area contributed by atoms with Gasteiger partial charge in [-0.25, -0.2) is 14.8 Å². The first-order valence-corrected chi connectivity index (χ1v) is 6.01. The number of carbonyl (C=O) groups is 1. The Balaban J connectivity index is 0.00000161. The number of benzene rings is 2. The van der Waals surface area contributed by atoms with Gasteiger partial charge in [0, 0.05) is 10.9 Å². The van der Waals surface area contributed by atoms with Gasteiger partial charge >= 0.3 is 5.97 Å². The van der Waals surface area contributed by atoms with Crippen LogP contribution in [0.4, 0.5) is 5.82 Å². The molecule has 0 amide bonds. The third-order valence-electron chi connectivity index (χ3n) is 3.02. The molecule has 1 aromatic heterocycles. The van der Waals surface area contributed by atoms with E-state index in [4.69, 9.17) is 10.8 Å². The van der Waals surface area contributed by atoms with Crippen molar-refractivity contribution in [1.82, 2.24) is 9.97 Å². The van der Waals surface area contributed by atoms with Crippen LogP contribution in [0.3, 0.4) is 0 Å². The highest BCUT2D eigenvalue weighted by atomic mass is 35.5. The van der Waals surface area contributed by atoms with E-state index in [-0.39, 0.29) is 18.0 Å². The molecule has 1 heterocycles. The van der Waals surface area contributed by atoms with Gasteiger partial charge in [-0.2, -0.15) is 0 Å². The lowest BCUT2D eigenvalue weighted by Gasteiger charge is -2.05. The molecule has 2 aromatic carbocycles. The van der Waals surface area contributed by atoms with Gasteiger partial charge in [0.2, 0.25) is 0 Å². The quantitative estimate of drug-likeness (QED) is 0.759. The summed E-state index contributed by atoms with van der Waals surface area (Å²) in [5.74, 6) is -0.0680. The predicted molar refractivity (Wildman–Crippen MR) is 83.6 cm³/mol. The smallest absolute Gasteiger partial charge is 0.335 e. The lowest BCUT2D eigenvalue weighted by Crippen LogP contribution is -1.99. The maximum Gasteiger partial charge on any atom is 0.335 e. The van der Waals surface area contributed by atoms with E-state index in [0.29, 0.717) is 11.6 Å². The monoisotopic (exact) mass is 301 g/mol. The molecule has 5 nitrogen and oxygen atoms in total. The zero-order valence-corrected chi connectivity index (χ0v) is 11.7. The fourth-order valence-electron chi connectivity index (χ4n) is 1.99. The number of nitrogen functional groups attached to an aromatic ring is 1. The number of carboxylic acid groups (broad SMARTS) is 1. The summed E-state index contributed by atoms with van der Waals surface area (Å²) in [7, 11) is 0. The van der Waals surface area contributed by atoms with E-state index in [1.54, 1.807) is 12.1 Å². The number of carboxylic acids is 1. The van der Waals surface area contributed by atoms with Crippen molar-refractivity contribution in [3.05, 3.63) is 54.1 Å². The normalized spacial score (nSPS) is 10.1. The van der Waals surface area contributed by atoms with Crippen LogP contribution >= 0.6 is 12.4 Å². The van der Waals surface area contributed by atoms with Gasteiger partial charge in [0.15, 0.2) is 5.82 Å². The Bertz CT molecular complexity index is 804. The molecule has 0 radical (unpaired) electrons. The third kappa shape index (κ3) is 2.78. The van der Waals surface area contributed by atoms with E-state index in [1.165, 1.54) is 12.1 Å². The van der Waals surface area contributed by atoms with Crippen LogP contribution in [0, 0.1) is 0 Å². The number of halogens is 1. The van der Waals surface area contributed by atoms with Gasteiger partial charge in [-0.3, -0.25) is 0 Å². The first kappa shape index (κ1) is 14.7.